The van der Waals surface area contributed by atoms with E-state index in [0.717, 1.165) is 12.2 Å². The van der Waals surface area contributed by atoms with Crippen LogP contribution in [-0.4, -0.2) is 11.1 Å². The highest BCUT2D eigenvalue weighted by Crippen LogP contribution is 2.16. The molecule has 0 atom stereocenters. The molecule has 0 aliphatic heterocycles. The number of aryl methyl sites for hydroxylation is 1. The van der Waals surface area contributed by atoms with Gasteiger partial charge in [0.1, 0.15) is 18.1 Å². The van der Waals surface area contributed by atoms with Gasteiger partial charge in [-0.2, -0.15) is 0 Å². The molecule has 2 aromatic rings. The number of hydrogen-bond acceptors (Lipinski definition) is 3. The zero-order chi connectivity index (χ0) is 14.4. The van der Waals surface area contributed by atoms with E-state index >= 15 is 0 Å². The molecule has 0 bridgehead atoms. The minimum atomic E-state index is -1.07. The summed E-state index contributed by atoms with van der Waals surface area (Å²) in [6, 6.07) is 11.0. The van der Waals surface area contributed by atoms with Gasteiger partial charge in [0.05, 0.1) is 0 Å². The first kappa shape index (κ1) is 14.2. The summed E-state index contributed by atoms with van der Waals surface area (Å²) < 4.78 is 10.7. The largest absolute Gasteiger partial charge is 0.486 e. The fraction of sp³-hybridized carbons (Fsp3) is 0.312. The van der Waals surface area contributed by atoms with Crippen molar-refractivity contribution in [3.8, 4) is 5.75 Å². The molecule has 0 amide bonds. The van der Waals surface area contributed by atoms with Gasteiger partial charge in [-0.1, -0.05) is 25.5 Å². The van der Waals surface area contributed by atoms with Crippen molar-refractivity contribution in [1.29, 1.82) is 0 Å². The van der Waals surface area contributed by atoms with Gasteiger partial charge in [-0.15, -0.1) is 0 Å². The van der Waals surface area contributed by atoms with Crippen LogP contribution in [0.15, 0.2) is 40.8 Å². The van der Waals surface area contributed by atoms with Crippen molar-refractivity contribution in [2.45, 2.75) is 32.8 Å². The third-order valence-electron chi connectivity index (χ3n) is 3.00. The van der Waals surface area contributed by atoms with E-state index in [9.17, 15) is 4.79 Å². The molecule has 0 radical (unpaired) electrons. The summed E-state index contributed by atoms with van der Waals surface area (Å²) in [5, 5.41) is 8.75. The van der Waals surface area contributed by atoms with E-state index in [0.29, 0.717) is 5.76 Å². The topological polar surface area (TPSA) is 59.7 Å². The van der Waals surface area contributed by atoms with Gasteiger partial charge < -0.3 is 14.3 Å². The average Bonchev–Trinajstić information content (AvgIpc) is 2.93. The van der Waals surface area contributed by atoms with Gasteiger partial charge in [0.25, 0.3) is 0 Å². The number of unbranched alkanes of at least 4 members (excludes halogenated alkanes) is 1. The Morgan fingerprint density at radius 1 is 1.20 bits per heavy atom. The number of aromatic carboxylic acids is 1. The molecule has 0 saturated carbocycles. The molecule has 1 aromatic carbocycles. The lowest BCUT2D eigenvalue weighted by molar-refractivity contribution is 0.0658. The van der Waals surface area contributed by atoms with Crippen LogP contribution in [0.1, 0.15) is 41.6 Å². The lowest BCUT2D eigenvalue weighted by Crippen LogP contribution is -1.95. The van der Waals surface area contributed by atoms with E-state index < -0.39 is 5.97 Å². The highest BCUT2D eigenvalue weighted by atomic mass is 16.5. The minimum absolute atomic E-state index is 0.0708. The quantitative estimate of drug-likeness (QED) is 0.831. The molecule has 0 fully saturated rings. The van der Waals surface area contributed by atoms with Gasteiger partial charge in [-0.3, -0.25) is 0 Å². The van der Waals surface area contributed by atoms with Crippen LogP contribution in [-0.2, 0) is 13.0 Å². The molecule has 1 heterocycles. The maximum absolute atomic E-state index is 10.7. The number of carboxylic acid groups (broad SMARTS) is 1. The smallest absolute Gasteiger partial charge is 0.371 e. The molecular weight excluding hydrogens is 256 g/mol. The van der Waals surface area contributed by atoms with Crippen LogP contribution in [0.4, 0.5) is 0 Å². The van der Waals surface area contributed by atoms with Gasteiger partial charge in [-0.25, -0.2) is 4.79 Å². The number of carboxylic acids is 1. The van der Waals surface area contributed by atoms with Gasteiger partial charge in [-0.05, 0) is 42.7 Å². The zero-order valence-electron chi connectivity index (χ0n) is 11.5. The molecule has 1 aromatic heterocycles. The number of hydrogen-bond donors (Lipinski definition) is 1. The molecule has 0 saturated heterocycles. The van der Waals surface area contributed by atoms with E-state index in [4.69, 9.17) is 14.3 Å². The SMILES string of the molecule is CCCCc1ccc(OCc2ccc(C(=O)O)o2)cc1. The first-order chi connectivity index (χ1) is 9.69. The third-order valence-corrected chi connectivity index (χ3v) is 3.00. The van der Waals surface area contributed by atoms with Crippen molar-refractivity contribution in [3.63, 3.8) is 0 Å². The predicted octanol–water partition coefficient (Wildman–Crippen LogP) is 3.90. The van der Waals surface area contributed by atoms with E-state index in [1.54, 1.807) is 6.07 Å². The van der Waals surface area contributed by atoms with Crippen LogP contribution in [0.25, 0.3) is 0 Å². The van der Waals surface area contributed by atoms with E-state index in [1.807, 2.05) is 12.1 Å². The Morgan fingerprint density at radius 3 is 2.55 bits per heavy atom. The van der Waals surface area contributed by atoms with E-state index in [1.165, 1.54) is 24.5 Å². The third kappa shape index (κ3) is 3.88. The highest BCUT2D eigenvalue weighted by Gasteiger charge is 2.09. The van der Waals surface area contributed by atoms with Gasteiger partial charge in [0.15, 0.2) is 0 Å². The average molecular weight is 274 g/mol. The Labute approximate surface area is 118 Å². The van der Waals surface area contributed by atoms with Crippen molar-refractivity contribution in [2.24, 2.45) is 0 Å². The van der Waals surface area contributed by atoms with Gasteiger partial charge >= 0.3 is 5.97 Å². The Kier molecular flexibility index (Phi) is 4.82. The predicted molar refractivity (Wildman–Crippen MR) is 75.1 cm³/mol. The summed E-state index contributed by atoms with van der Waals surface area (Å²) in [5.41, 5.74) is 1.30. The second-order valence-corrected chi connectivity index (χ2v) is 4.61. The fourth-order valence-corrected chi connectivity index (χ4v) is 1.86. The van der Waals surface area contributed by atoms with Gasteiger partial charge in [0, 0.05) is 0 Å². The molecule has 4 heteroatoms. The second kappa shape index (κ2) is 6.80. The summed E-state index contributed by atoms with van der Waals surface area (Å²) in [5.74, 6) is 0.103. The molecule has 0 aliphatic carbocycles. The van der Waals surface area contributed by atoms with Crippen molar-refractivity contribution < 1.29 is 19.1 Å². The minimum Gasteiger partial charge on any atom is -0.486 e. The summed E-state index contributed by atoms with van der Waals surface area (Å²) in [6.45, 7) is 2.40. The standard InChI is InChI=1S/C16H18O4/c1-2-3-4-12-5-7-13(8-6-12)19-11-14-9-10-15(20-14)16(17)18/h5-10H,2-4,11H2,1H3,(H,17,18). The molecule has 0 aliphatic rings. The normalized spacial score (nSPS) is 10.4. The van der Waals surface area contributed by atoms with Crippen LogP contribution < -0.4 is 4.74 Å². The number of benzene rings is 1. The van der Waals surface area contributed by atoms with Crippen molar-refractivity contribution >= 4 is 5.97 Å². The second-order valence-electron chi connectivity index (χ2n) is 4.61. The molecule has 106 valence electrons. The maximum atomic E-state index is 10.7. The van der Waals surface area contributed by atoms with Crippen molar-refractivity contribution in [1.82, 2.24) is 0 Å². The highest BCUT2D eigenvalue weighted by molar-refractivity contribution is 5.84. The zero-order valence-corrected chi connectivity index (χ0v) is 11.5. The Morgan fingerprint density at radius 2 is 1.95 bits per heavy atom. The molecule has 1 N–H and O–H groups in total. The molecule has 0 unspecified atom stereocenters. The van der Waals surface area contributed by atoms with Crippen LogP contribution in [0.5, 0.6) is 5.75 Å². The number of furan rings is 1. The van der Waals surface area contributed by atoms with Crippen molar-refractivity contribution in [2.75, 3.05) is 0 Å². The lowest BCUT2D eigenvalue weighted by atomic mass is 10.1. The first-order valence-corrected chi connectivity index (χ1v) is 6.73. The summed E-state index contributed by atoms with van der Waals surface area (Å²) >= 11 is 0. The summed E-state index contributed by atoms with van der Waals surface area (Å²) in [4.78, 5) is 10.7. The lowest BCUT2D eigenvalue weighted by Gasteiger charge is -2.05. The molecule has 0 spiro atoms. The molecule has 2 rings (SSSR count). The van der Waals surface area contributed by atoms with Crippen LogP contribution >= 0.6 is 0 Å². The summed E-state index contributed by atoms with van der Waals surface area (Å²) in [6.07, 6.45) is 3.45. The van der Waals surface area contributed by atoms with E-state index in [2.05, 4.69) is 19.1 Å². The number of rotatable bonds is 7. The van der Waals surface area contributed by atoms with Crippen LogP contribution in [0.3, 0.4) is 0 Å². The number of carbonyl (C=O) groups is 1. The molecule has 4 nitrogen and oxygen atoms in total. The molecule has 20 heavy (non-hydrogen) atoms. The Bertz CT molecular complexity index is 554. The maximum Gasteiger partial charge on any atom is 0.371 e. The molecular formula is C16H18O4. The van der Waals surface area contributed by atoms with E-state index in [-0.39, 0.29) is 12.4 Å². The van der Waals surface area contributed by atoms with Gasteiger partial charge in [0.2, 0.25) is 5.76 Å². The fourth-order valence-electron chi connectivity index (χ4n) is 1.86. The van der Waals surface area contributed by atoms with Crippen molar-refractivity contribution in [3.05, 3.63) is 53.5 Å². The Hall–Kier alpha value is -2.23. The first-order valence-electron chi connectivity index (χ1n) is 6.73. The Balaban J connectivity index is 1.88. The monoisotopic (exact) mass is 274 g/mol. The number of ether oxygens (including phenoxy) is 1. The summed E-state index contributed by atoms with van der Waals surface area (Å²) in [7, 11) is 0. The van der Waals surface area contributed by atoms with Crippen LogP contribution in [0, 0.1) is 0 Å². The van der Waals surface area contributed by atoms with Crippen LogP contribution in [0.2, 0.25) is 0 Å².